The number of carbonyl (C=O) groups excluding carboxylic acids is 1. The number of hydrogen-bond acceptors (Lipinski definition) is 4. The van der Waals surface area contributed by atoms with Crippen molar-refractivity contribution in [2.45, 2.75) is 32.1 Å². The largest absolute Gasteiger partial charge is 0.409 e. The molecule has 0 saturated heterocycles. The van der Waals surface area contributed by atoms with Crippen LogP contribution in [0.4, 0.5) is 0 Å². The molecule has 1 aromatic heterocycles. The first kappa shape index (κ1) is 14.3. The summed E-state index contributed by atoms with van der Waals surface area (Å²) in [5, 5.41) is 14.3. The lowest BCUT2D eigenvalue weighted by Gasteiger charge is -2.09. The average Bonchev–Trinajstić information content (AvgIpc) is 2.99. The molecule has 0 bridgehead atoms. The Labute approximate surface area is 118 Å². The molecule has 0 aromatic carbocycles. The van der Waals surface area contributed by atoms with Gasteiger partial charge in [0.05, 0.1) is 0 Å². The lowest BCUT2D eigenvalue weighted by atomic mass is 10.0. The summed E-state index contributed by atoms with van der Waals surface area (Å²) in [4.78, 5) is 15.9. The number of oxime groups is 1. The van der Waals surface area contributed by atoms with Gasteiger partial charge in [-0.25, -0.2) is 0 Å². The summed E-state index contributed by atoms with van der Waals surface area (Å²) in [5.41, 5.74) is 6.25. The smallest absolute Gasteiger partial charge is 0.269 e. The van der Waals surface area contributed by atoms with Gasteiger partial charge in [-0.3, -0.25) is 9.78 Å². The molecule has 1 amide bonds. The molecule has 0 radical (unpaired) electrons. The molecule has 0 aliphatic heterocycles. The second-order valence-electron chi connectivity index (χ2n) is 5.11. The van der Waals surface area contributed by atoms with E-state index in [2.05, 4.69) is 15.5 Å². The van der Waals surface area contributed by atoms with Crippen LogP contribution in [0.25, 0.3) is 0 Å². The van der Waals surface area contributed by atoms with Crippen LogP contribution >= 0.6 is 0 Å². The Hall–Kier alpha value is -2.11. The van der Waals surface area contributed by atoms with E-state index in [4.69, 9.17) is 10.9 Å². The molecule has 0 spiro atoms. The average molecular weight is 276 g/mol. The zero-order chi connectivity index (χ0) is 14.4. The SMILES string of the molecule is NC(=NO)c1ccc(C(=O)NCCC2CCCC2)nc1. The molecule has 1 fully saturated rings. The van der Waals surface area contributed by atoms with Crippen molar-refractivity contribution in [3.05, 3.63) is 29.6 Å². The standard InChI is InChI=1S/C14H20N4O2/c15-13(18-20)11-5-6-12(17-9-11)14(19)16-8-7-10-3-1-2-4-10/h5-6,9-10,20H,1-4,7-8H2,(H2,15,18)(H,16,19). The number of nitrogens with one attached hydrogen (secondary N) is 1. The molecule has 1 aliphatic carbocycles. The number of pyridine rings is 1. The Morgan fingerprint density at radius 3 is 2.80 bits per heavy atom. The molecule has 0 unspecified atom stereocenters. The summed E-state index contributed by atoms with van der Waals surface area (Å²) >= 11 is 0. The van der Waals surface area contributed by atoms with Crippen LogP contribution in [0.15, 0.2) is 23.5 Å². The zero-order valence-corrected chi connectivity index (χ0v) is 11.4. The molecule has 20 heavy (non-hydrogen) atoms. The number of amides is 1. The lowest BCUT2D eigenvalue weighted by Crippen LogP contribution is -2.26. The quantitative estimate of drug-likeness (QED) is 0.328. The summed E-state index contributed by atoms with van der Waals surface area (Å²) in [5.74, 6) is 0.547. The first-order chi connectivity index (χ1) is 9.70. The maximum atomic E-state index is 11.9. The fourth-order valence-corrected chi connectivity index (χ4v) is 2.52. The summed E-state index contributed by atoms with van der Waals surface area (Å²) in [6.07, 6.45) is 7.64. The van der Waals surface area contributed by atoms with E-state index >= 15 is 0 Å². The minimum atomic E-state index is -0.186. The Morgan fingerprint density at radius 1 is 1.45 bits per heavy atom. The van der Waals surface area contributed by atoms with E-state index < -0.39 is 0 Å². The van der Waals surface area contributed by atoms with Crippen LogP contribution in [-0.4, -0.2) is 28.5 Å². The normalized spacial score (nSPS) is 16.3. The van der Waals surface area contributed by atoms with Crippen LogP contribution in [0, 0.1) is 5.92 Å². The van der Waals surface area contributed by atoms with Crippen molar-refractivity contribution in [3.8, 4) is 0 Å². The Kier molecular flexibility index (Phi) is 4.92. The maximum Gasteiger partial charge on any atom is 0.269 e. The molecular formula is C14H20N4O2. The third-order valence-corrected chi connectivity index (χ3v) is 3.71. The number of amidine groups is 1. The van der Waals surface area contributed by atoms with E-state index in [9.17, 15) is 4.79 Å². The topological polar surface area (TPSA) is 101 Å². The fraction of sp³-hybridized carbons (Fsp3) is 0.500. The molecule has 1 aliphatic rings. The van der Waals surface area contributed by atoms with Gasteiger partial charge in [0.1, 0.15) is 5.69 Å². The van der Waals surface area contributed by atoms with E-state index in [0.717, 1.165) is 12.3 Å². The number of nitrogens with two attached hydrogens (primary N) is 1. The Bertz CT molecular complexity index is 478. The van der Waals surface area contributed by atoms with Crippen molar-refractivity contribution >= 4 is 11.7 Å². The maximum absolute atomic E-state index is 11.9. The third-order valence-electron chi connectivity index (χ3n) is 3.71. The highest BCUT2D eigenvalue weighted by Crippen LogP contribution is 2.26. The zero-order valence-electron chi connectivity index (χ0n) is 11.4. The van der Waals surface area contributed by atoms with E-state index in [1.54, 1.807) is 12.1 Å². The minimum absolute atomic E-state index is 0.0225. The number of hydrogen-bond donors (Lipinski definition) is 3. The number of nitrogens with zero attached hydrogens (tertiary/aromatic N) is 2. The highest BCUT2D eigenvalue weighted by molar-refractivity contribution is 5.98. The summed E-state index contributed by atoms with van der Waals surface area (Å²) in [6, 6.07) is 3.17. The Balaban J connectivity index is 1.82. The van der Waals surface area contributed by atoms with Crippen LogP contribution in [-0.2, 0) is 0 Å². The van der Waals surface area contributed by atoms with Gasteiger partial charge in [-0.2, -0.15) is 0 Å². The second kappa shape index (κ2) is 6.88. The van der Waals surface area contributed by atoms with Crippen LogP contribution in [0.3, 0.4) is 0 Å². The van der Waals surface area contributed by atoms with Crippen molar-refractivity contribution in [1.29, 1.82) is 0 Å². The van der Waals surface area contributed by atoms with Crippen molar-refractivity contribution in [3.63, 3.8) is 0 Å². The molecule has 6 heteroatoms. The van der Waals surface area contributed by atoms with Gasteiger partial charge in [0.15, 0.2) is 5.84 Å². The van der Waals surface area contributed by atoms with Crippen molar-refractivity contribution in [2.24, 2.45) is 16.8 Å². The van der Waals surface area contributed by atoms with Crippen LogP contribution in [0.5, 0.6) is 0 Å². The summed E-state index contributed by atoms with van der Waals surface area (Å²) in [7, 11) is 0. The third kappa shape index (κ3) is 3.69. The van der Waals surface area contributed by atoms with E-state index in [0.29, 0.717) is 17.8 Å². The van der Waals surface area contributed by atoms with Gasteiger partial charge in [0.2, 0.25) is 0 Å². The molecule has 1 saturated carbocycles. The van der Waals surface area contributed by atoms with Crippen molar-refractivity contribution in [1.82, 2.24) is 10.3 Å². The van der Waals surface area contributed by atoms with E-state index in [1.165, 1.54) is 31.9 Å². The van der Waals surface area contributed by atoms with Crippen LogP contribution in [0.2, 0.25) is 0 Å². The molecule has 108 valence electrons. The molecular weight excluding hydrogens is 256 g/mol. The number of rotatable bonds is 5. The Morgan fingerprint density at radius 2 is 2.20 bits per heavy atom. The second-order valence-corrected chi connectivity index (χ2v) is 5.11. The monoisotopic (exact) mass is 276 g/mol. The lowest BCUT2D eigenvalue weighted by molar-refractivity contribution is 0.0946. The first-order valence-corrected chi connectivity index (χ1v) is 6.93. The van der Waals surface area contributed by atoms with Crippen molar-refractivity contribution < 1.29 is 10.0 Å². The van der Waals surface area contributed by atoms with E-state index in [1.807, 2.05) is 0 Å². The highest BCUT2D eigenvalue weighted by atomic mass is 16.4. The number of aromatic nitrogens is 1. The molecule has 0 atom stereocenters. The van der Waals surface area contributed by atoms with Crippen molar-refractivity contribution in [2.75, 3.05) is 6.54 Å². The minimum Gasteiger partial charge on any atom is -0.409 e. The molecule has 2 rings (SSSR count). The van der Waals surface area contributed by atoms with Gasteiger partial charge in [0.25, 0.3) is 5.91 Å². The van der Waals surface area contributed by atoms with Gasteiger partial charge < -0.3 is 16.3 Å². The molecule has 6 nitrogen and oxygen atoms in total. The van der Waals surface area contributed by atoms with Crippen LogP contribution in [0.1, 0.15) is 48.2 Å². The van der Waals surface area contributed by atoms with E-state index in [-0.39, 0.29) is 11.7 Å². The van der Waals surface area contributed by atoms with Crippen LogP contribution < -0.4 is 11.1 Å². The fourth-order valence-electron chi connectivity index (χ4n) is 2.52. The first-order valence-electron chi connectivity index (χ1n) is 6.93. The van der Waals surface area contributed by atoms with Gasteiger partial charge in [-0.1, -0.05) is 30.8 Å². The van der Waals surface area contributed by atoms with Gasteiger partial charge in [-0.15, -0.1) is 0 Å². The summed E-state index contributed by atoms with van der Waals surface area (Å²) in [6.45, 7) is 0.688. The molecule has 4 N–H and O–H groups in total. The predicted octanol–water partition coefficient (Wildman–Crippen LogP) is 1.49. The number of carbonyl (C=O) groups is 1. The summed E-state index contributed by atoms with van der Waals surface area (Å²) < 4.78 is 0. The van der Waals surface area contributed by atoms with Gasteiger partial charge in [0, 0.05) is 18.3 Å². The molecule has 1 aromatic rings. The predicted molar refractivity (Wildman–Crippen MR) is 75.7 cm³/mol. The van der Waals surface area contributed by atoms with Gasteiger partial charge in [-0.05, 0) is 24.5 Å². The highest BCUT2D eigenvalue weighted by Gasteiger charge is 2.15. The van der Waals surface area contributed by atoms with Gasteiger partial charge >= 0.3 is 0 Å². The molecule has 1 heterocycles.